The van der Waals surface area contributed by atoms with E-state index in [9.17, 15) is 4.79 Å². The Morgan fingerprint density at radius 3 is 2.96 bits per heavy atom. The second-order valence-electron chi connectivity index (χ2n) is 7.10. The molecule has 3 rings (SSSR count). The summed E-state index contributed by atoms with van der Waals surface area (Å²) in [5.74, 6) is 0.716. The number of halogens is 1. The third-order valence-corrected chi connectivity index (χ3v) is 5.79. The summed E-state index contributed by atoms with van der Waals surface area (Å²) in [5.41, 5.74) is 0.700. The molecule has 5 heteroatoms. The number of ether oxygens (including phenoxy) is 1. The Hall–Kier alpha value is -1.10. The number of nitrogens with one attached hydrogen (secondary N) is 1. The molecule has 24 heavy (non-hydrogen) atoms. The van der Waals surface area contributed by atoms with Crippen LogP contribution in [0, 0.1) is 5.92 Å². The number of amides is 1. The van der Waals surface area contributed by atoms with Crippen molar-refractivity contribution >= 4 is 17.5 Å². The number of nitrogens with zero attached hydrogens (tertiary/aromatic N) is 1. The van der Waals surface area contributed by atoms with Gasteiger partial charge in [-0.1, -0.05) is 30.2 Å². The van der Waals surface area contributed by atoms with Crippen LogP contribution in [0.5, 0.6) is 0 Å². The van der Waals surface area contributed by atoms with Gasteiger partial charge in [-0.15, -0.1) is 0 Å². The van der Waals surface area contributed by atoms with Crippen LogP contribution in [-0.4, -0.2) is 50.7 Å². The van der Waals surface area contributed by atoms with Gasteiger partial charge in [0.25, 0.3) is 0 Å². The summed E-state index contributed by atoms with van der Waals surface area (Å²) in [4.78, 5) is 15.3. The second kappa shape index (κ2) is 7.85. The van der Waals surface area contributed by atoms with Crippen molar-refractivity contribution in [3.63, 3.8) is 0 Å². The van der Waals surface area contributed by atoms with Crippen molar-refractivity contribution in [2.45, 2.75) is 31.1 Å². The van der Waals surface area contributed by atoms with E-state index in [1.54, 1.807) is 7.11 Å². The average Bonchev–Trinajstić information content (AvgIpc) is 2.98. The van der Waals surface area contributed by atoms with Crippen LogP contribution in [0.2, 0.25) is 5.02 Å². The molecule has 1 heterocycles. The van der Waals surface area contributed by atoms with Crippen LogP contribution in [0.3, 0.4) is 0 Å². The number of hydrogen-bond donors (Lipinski definition) is 1. The van der Waals surface area contributed by atoms with Gasteiger partial charge in [-0.25, -0.2) is 0 Å². The SMILES string of the molecule is COCCN1CCC(CNC(=O)C2(c3cccc(Cl)c3)CCC2)C1. The fraction of sp³-hybridized carbons (Fsp3) is 0.632. The molecule has 0 spiro atoms. The van der Waals surface area contributed by atoms with Crippen LogP contribution < -0.4 is 5.32 Å². The Labute approximate surface area is 149 Å². The third kappa shape index (κ3) is 3.76. The minimum atomic E-state index is -0.362. The molecule has 1 aliphatic heterocycles. The summed E-state index contributed by atoms with van der Waals surface area (Å²) < 4.78 is 5.14. The van der Waals surface area contributed by atoms with Gasteiger partial charge in [0.05, 0.1) is 12.0 Å². The lowest BCUT2D eigenvalue weighted by molar-refractivity contribution is -0.130. The molecule has 1 saturated heterocycles. The average molecular weight is 351 g/mol. The number of rotatable bonds is 7. The summed E-state index contributed by atoms with van der Waals surface area (Å²) in [7, 11) is 1.74. The van der Waals surface area contributed by atoms with E-state index in [-0.39, 0.29) is 11.3 Å². The largest absolute Gasteiger partial charge is 0.383 e. The first kappa shape index (κ1) is 17.7. The molecule has 1 amide bonds. The Morgan fingerprint density at radius 1 is 1.46 bits per heavy atom. The molecular weight excluding hydrogens is 324 g/mol. The van der Waals surface area contributed by atoms with Gasteiger partial charge in [0, 0.05) is 31.8 Å². The van der Waals surface area contributed by atoms with E-state index >= 15 is 0 Å². The summed E-state index contributed by atoms with van der Waals surface area (Å²) in [6.45, 7) is 4.67. The van der Waals surface area contributed by atoms with Gasteiger partial charge in [-0.05, 0) is 49.4 Å². The van der Waals surface area contributed by atoms with E-state index in [0.29, 0.717) is 10.9 Å². The maximum atomic E-state index is 12.9. The number of likely N-dealkylation sites (tertiary alicyclic amines) is 1. The zero-order valence-electron chi connectivity index (χ0n) is 14.4. The Morgan fingerprint density at radius 2 is 2.29 bits per heavy atom. The predicted octanol–water partition coefficient (Wildman–Crippen LogP) is 2.85. The van der Waals surface area contributed by atoms with Gasteiger partial charge in [0.2, 0.25) is 5.91 Å². The highest BCUT2D eigenvalue weighted by Gasteiger charge is 2.45. The van der Waals surface area contributed by atoms with Gasteiger partial charge in [-0.2, -0.15) is 0 Å². The van der Waals surface area contributed by atoms with Crippen molar-refractivity contribution < 1.29 is 9.53 Å². The molecule has 1 atom stereocenters. The minimum absolute atomic E-state index is 0.173. The Bertz CT molecular complexity index is 574. The van der Waals surface area contributed by atoms with E-state index < -0.39 is 0 Å². The molecule has 0 bridgehead atoms. The summed E-state index contributed by atoms with van der Waals surface area (Å²) in [5, 5.41) is 3.93. The lowest BCUT2D eigenvalue weighted by Gasteiger charge is -2.41. The van der Waals surface area contributed by atoms with Crippen LogP contribution in [-0.2, 0) is 14.9 Å². The van der Waals surface area contributed by atoms with Crippen molar-refractivity contribution in [1.29, 1.82) is 0 Å². The van der Waals surface area contributed by atoms with E-state index in [0.717, 1.165) is 64.0 Å². The molecule has 132 valence electrons. The Kier molecular flexibility index (Phi) is 5.80. The maximum Gasteiger partial charge on any atom is 0.230 e. The fourth-order valence-electron chi connectivity index (χ4n) is 3.87. The first-order valence-corrected chi connectivity index (χ1v) is 9.27. The van der Waals surface area contributed by atoms with Crippen molar-refractivity contribution in [2.24, 2.45) is 5.92 Å². The smallest absolute Gasteiger partial charge is 0.230 e. The normalized spacial score (nSPS) is 23.0. The highest BCUT2D eigenvalue weighted by Crippen LogP contribution is 2.44. The molecule has 0 radical (unpaired) electrons. The predicted molar refractivity (Wildman–Crippen MR) is 96.4 cm³/mol. The lowest BCUT2D eigenvalue weighted by atomic mass is 9.64. The van der Waals surface area contributed by atoms with E-state index in [2.05, 4.69) is 10.2 Å². The summed E-state index contributed by atoms with van der Waals surface area (Å²) in [6.07, 6.45) is 4.09. The number of methoxy groups -OCH3 is 1. The van der Waals surface area contributed by atoms with Crippen molar-refractivity contribution in [2.75, 3.05) is 39.9 Å². The Balaban J connectivity index is 1.55. The molecule has 1 N–H and O–H groups in total. The first-order chi connectivity index (χ1) is 11.6. The molecule has 1 unspecified atom stereocenters. The monoisotopic (exact) mass is 350 g/mol. The highest BCUT2D eigenvalue weighted by molar-refractivity contribution is 6.30. The first-order valence-electron chi connectivity index (χ1n) is 8.90. The topological polar surface area (TPSA) is 41.6 Å². The van der Waals surface area contributed by atoms with Gasteiger partial charge in [0.1, 0.15) is 0 Å². The summed E-state index contributed by atoms with van der Waals surface area (Å²) >= 11 is 6.13. The molecule has 0 aromatic heterocycles. The van der Waals surface area contributed by atoms with Gasteiger partial charge >= 0.3 is 0 Å². The van der Waals surface area contributed by atoms with Gasteiger partial charge in [-0.3, -0.25) is 4.79 Å². The number of benzene rings is 1. The van der Waals surface area contributed by atoms with Crippen LogP contribution in [0.4, 0.5) is 0 Å². The number of carbonyl (C=O) groups is 1. The minimum Gasteiger partial charge on any atom is -0.383 e. The second-order valence-corrected chi connectivity index (χ2v) is 7.54. The number of hydrogen-bond acceptors (Lipinski definition) is 3. The van der Waals surface area contributed by atoms with E-state index in [1.165, 1.54) is 0 Å². The van der Waals surface area contributed by atoms with E-state index in [1.807, 2.05) is 24.3 Å². The quantitative estimate of drug-likeness (QED) is 0.822. The molecule has 1 aliphatic carbocycles. The molecule has 1 aromatic rings. The zero-order valence-corrected chi connectivity index (χ0v) is 15.1. The van der Waals surface area contributed by atoms with Crippen molar-refractivity contribution in [3.8, 4) is 0 Å². The van der Waals surface area contributed by atoms with Crippen molar-refractivity contribution in [1.82, 2.24) is 10.2 Å². The van der Waals surface area contributed by atoms with Crippen LogP contribution in [0.25, 0.3) is 0 Å². The molecule has 1 aromatic carbocycles. The maximum absolute atomic E-state index is 12.9. The van der Waals surface area contributed by atoms with Crippen molar-refractivity contribution in [3.05, 3.63) is 34.9 Å². The molecule has 2 fully saturated rings. The fourth-order valence-corrected chi connectivity index (χ4v) is 4.06. The molecule has 2 aliphatic rings. The number of carbonyl (C=O) groups excluding carboxylic acids is 1. The third-order valence-electron chi connectivity index (χ3n) is 5.55. The van der Waals surface area contributed by atoms with Crippen LogP contribution in [0.1, 0.15) is 31.2 Å². The van der Waals surface area contributed by atoms with Gasteiger partial charge in [0.15, 0.2) is 0 Å². The molecular formula is C19H27ClN2O2. The molecule has 1 saturated carbocycles. The zero-order chi connectivity index (χ0) is 17.0. The van der Waals surface area contributed by atoms with Crippen LogP contribution >= 0.6 is 11.6 Å². The lowest BCUT2D eigenvalue weighted by Crippen LogP contribution is -2.50. The molecule has 4 nitrogen and oxygen atoms in total. The highest BCUT2D eigenvalue weighted by atomic mass is 35.5. The van der Waals surface area contributed by atoms with Crippen LogP contribution in [0.15, 0.2) is 24.3 Å². The summed E-state index contributed by atoms with van der Waals surface area (Å²) in [6, 6.07) is 7.78. The standard InChI is InChI=1S/C19H27ClN2O2/c1-24-11-10-22-9-6-15(14-22)13-21-18(23)19(7-3-8-19)16-4-2-5-17(20)12-16/h2,4-5,12,15H,3,6-11,13-14H2,1H3,(H,21,23). The van der Waals surface area contributed by atoms with Gasteiger partial charge < -0.3 is 15.0 Å². The van der Waals surface area contributed by atoms with E-state index in [4.69, 9.17) is 16.3 Å².